The van der Waals surface area contributed by atoms with E-state index in [2.05, 4.69) is 85.3 Å². The smallest absolute Gasteiger partial charge is 0.0485 e. The van der Waals surface area contributed by atoms with E-state index >= 15 is 0 Å². The van der Waals surface area contributed by atoms with E-state index < -0.39 is 0 Å². The second-order valence-corrected chi connectivity index (χ2v) is 6.22. The lowest BCUT2D eigenvalue weighted by molar-refractivity contribution is 0.880. The Morgan fingerprint density at radius 2 is 1.42 bits per heavy atom. The first kappa shape index (κ1) is 14.1. The highest BCUT2D eigenvalue weighted by atomic mass is 79.9. The third-order valence-electron chi connectivity index (χ3n) is 3.17. The van der Waals surface area contributed by atoms with Crippen LogP contribution in [0.1, 0.15) is 35.2 Å². The Morgan fingerprint density at radius 1 is 0.842 bits per heavy atom. The summed E-state index contributed by atoms with van der Waals surface area (Å²) in [6, 6.07) is 13.4. The van der Waals surface area contributed by atoms with E-state index in [1.54, 1.807) is 0 Å². The van der Waals surface area contributed by atoms with Crippen molar-refractivity contribution in [3.8, 4) is 0 Å². The standard InChI is InChI=1S/C17H20BrN/c1-11-5-12(2)7-15(6-11)14(4)19-17-9-13(3)8-16(18)10-17/h5-10,14,19H,1-4H3. The summed E-state index contributed by atoms with van der Waals surface area (Å²) in [6.45, 7) is 8.60. The molecule has 100 valence electrons. The summed E-state index contributed by atoms with van der Waals surface area (Å²) in [4.78, 5) is 0. The van der Waals surface area contributed by atoms with Crippen LogP contribution in [0.25, 0.3) is 0 Å². The fourth-order valence-electron chi connectivity index (χ4n) is 2.41. The maximum atomic E-state index is 3.56. The van der Waals surface area contributed by atoms with E-state index in [-0.39, 0.29) is 0 Å². The lowest BCUT2D eigenvalue weighted by atomic mass is 10.0. The normalized spacial score (nSPS) is 12.3. The number of hydrogen-bond acceptors (Lipinski definition) is 1. The van der Waals surface area contributed by atoms with Gasteiger partial charge in [-0.15, -0.1) is 0 Å². The molecule has 2 heteroatoms. The monoisotopic (exact) mass is 317 g/mol. The zero-order valence-electron chi connectivity index (χ0n) is 11.9. The molecule has 0 bridgehead atoms. The van der Waals surface area contributed by atoms with Gasteiger partial charge in [0.05, 0.1) is 0 Å². The second-order valence-electron chi connectivity index (χ2n) is 5.30. The maximum Gasteiger partial charge on any atom is 0.0485 e. The zero-order valence-corrected chi connectivity index (χ0v) is 13.5. The quantitative estimate of drug-likeness (QED) is 0.782. The minimum atomic E-state index is 0.298. The van der Waals surface area contributed by atoms with Crippen molar-refractivity contribution in [1.82, 2.24) is 0 Å². The third-order valence-corrected chi connectivity index (χ3v) is 3.63. The van der Waals surface area contributed by atoms with Crippen LogP contribution in [0.5, 0.6) is 0 Å². The molecule has 0 aliphatic carbocycles. The van der Waals surface area contributed by atoms with Gasteiger partial charge in [-0.05, 0) is 57.0 Å². The average Bonchev–Trinajstić information content (AvgIpc) is 2.25. The van der Waals surface area contributed by atoms with Crippen molar-refractivity contribution in [1.29, 1.82) is 0 Å². The van der Waals surface area contributed by atoms with Crippen LogP contribution in [0.2, 0.25) is 0 Å². The van der Waals surface area contributed by atoms with Crippen molar-refractivity contribution in [2.24, 2.45) is 0 Å². The molecule has 0 saturated heterocycles. The zero-order chi connectivity index (χ0) is 14.0. The SMILES string of the molecule is Cc1cc(Br)cc(NC(C)c2cc(C)cc(C)c2)c1. The number of anilines is 1. The molecule has 0 spiro atoms. The van der Waals surface area contributed by atoms with Crippen molar-refractivity contribution in [2.45, 2.75) is 33.7 Å². The predicted molar refractivity (Wildman–Crippen MR) is 86.8 cm³/mol. The fraction of sp³-hybridized carbons (Fsp3) is 0.294. The molecule has 19 heavy (non-hydrogen) atoms. The summed E-state index contributed by atoms with van der Waals surface area (Å²) in [7, 11) is 0. The molecule has 2 rings (SSSR count). The Balaban J connectivity index is 2.22. The lowest BCUT2D eigenvalue weighted by Crippen LogP contribution is -2.07. The Kier molecular flexibility index (Phi) is 4.31. The molecule has 1 nitrogen and oxygen atoms in total. The van der Waals surface area contributed by atoms with Crippen molar-refractivity contribution < 1.29 is 0 Å². The van der Waals surface area contributed by atoms with E-state index in [9.17, 15) is 0 Å². The topological polar surface area (TPSA) is 12.0 Å². The van der Waals surface area contributed by atoms with Gasteiger partial charge in [0.1, 0.15) is 0 Å². The van der Waals surface area contributed by atoms with Gasteiger partial charge in [-0.2, -0.15) is 0 Å². The minimum Gasteiger partial charge on any atom is -0.378 e. The van der Waals surface area contributed by atoms with Crippen molar-refractivity contribution in [2.75, 3.05) is 5.32 Å². The molecule has 0 amide bonds. The van der Waals surface area contributed by atoms with Gasteiger partial charge < -0.3 is 5.32 Å². The lowest BCUT2D eigenvalue weighted by Gasteiger charge is -2.17. The van der Waals surface area contributed by atoms with Gasteiger partial charge in [0.15, 0.2) is 0 Å². The van der Waals surface area contributed by atoms with E-state index in [1.165, 1.54) is 22.3 Å². The Bertz CT molecular complexity index is 549. The maximum absolute atomic E-state index is 3.56. The van der Waals surface area contributed by atoms with Gasteiger partial charge in [-0.1, -0.05) is 45.3 Å². The fourth-order valence-corrected chi connectivity index (χ4v) is 3.02. The first-order chi connectivity index (χ1) is 8.94. The molecule has 1 unspecified atom stereocenters. The van der Waals surface area contributed by atoms with Crippen LogP contribution in [0, 0.1) is 20.8 Å². The van der Waals surface area contributed by atoms with Gasteiger partial charge in [0.2, 0.25) is 0 Å². The largest absolute Gasteiger partial charge is 0.378 e. The summed E-state index contributed by atoms with van der Waals surface area (Å²) in [5.74, 6) is 0. The number of benzene rings is 2. The van der Waals surface area contributed by atoms with Crippen LogP contribution in [0.4, 0.5) is 5.69 Å². The first-order valence-electron chi connectivity index (χ1n) is 6.56. The highest BCUT2D eigenvalue weighted by Crippen LogP contribution is 2.24. The van der Waals surface area contributed by atoms with E-state index in [1.807, 2.05) is 0 Å². The van der Waals surface area contributed by atoms with E-state index in [0.717, 1.165) is 10.2 Å². The van der Waals surface area contributed by atoms with Gasteiger partial charge in [0, 0.05) is 16.2 Å². The van der Waals surface area contributed by atoms with E-state index in [4.69, 9.17) is 0 Å². The molecule has 0 fully saturated rings. The molecule has 1 atom stereocenters. The summed E-state index contributed by atoms with van der Waals surface area (Å²) in [6.07, 6.45) is 0. The molecule has 0 radical (unpaired) electrons. The number of nitrogens with one attached hydrogen (secondary N) is 1. The van der Waals surface area contributed by atoms with Crippen molar-refractivity contribution in [3.05, 3.63) is 63.1 Å². The van der Waals surface area contributed by atoms with Crippen LogP contribution in [0.15, 0.2) is 40.9 Å². The van der Waals surface area contributed by atoms with Crippen LogP contribution < -0.4 is 5.32 Å². The van der Waals surface area contributed by atoms with Crippen molar-refractivity contribution >= 4 is 21.6 Å². The summed E-state index contributed by atoms with van der Waals surface area (Å²) in [5.41, 5.74) is 6.36. The molecule has 0 aliphatic heterocycles. The molecule has 2 aromatic rings. The molecule has 0 saturated carbocycles. The van der Waals surface area contributed by atoms with Gasteiger partial charge >= 0.3 is 0 Å². The summed E-state index contributed by atoms with van der Waals surface area (Å²) in [5, 5.41) is 3.56. The van der Waals surface area contributed by atoms with Crippen molar-refractivity contribution in [3.63, 3.8) is 0 Å². The van der Waals surface area contributed by atoms with E-state index in [0.29, 0.717) is 6.04 Å². The number of aryl methyl sites for hydroxylation is 3. The molecular weight excluding hydrogens is 298 g/mol. The van der Waals surface area contributed by atoms with Crippen LogP contribution in [-0.2, 0) is 0 Å². The highest BCUT2D eigenvalue weighted by molar-refractivity contribution is 9.10. The molecule has 1 N–H and O–H groups in total. The number of rotatable bonds is 3. The van der Waals surface area contributed by atoms with Crippen LogP contribution in [-0.4, -0.2) is 0 Å². The molecular formula is C17H20BrN. The van der Waals surface area contributed by atoms with Crippen LogP contribution in [0.3, 0.4) is 0 Å². The Hall–Kier alpha value is -1.28. The molecule has 2 aromatic carbocycles. The van der Waals surface area contributed by atoms with Gasteiger partial charge in [0.25, 0.3) is 0 Å². The minimum absolute atomic E-state index is 0.298. The molecule has 0 aliphatic rings. The van der Waals surface area contributed by atoms with Gasteiger partial charge in [-0.25, -0.2) is 0 Å². The predicted octanol–water partition coefficient (Wildman–Crippen LogP) is 5.55. The van der Waals surface area contributed by atoms with Crippen LogP contribution >= 0.6 is 15.9 Å². The summed E-state index contributed by atoms with van der Waals surface area (Å²) >= 11 is 3.54. The third kappa shape index (κ3) is 3.84. The van der Waals surface area contributed by atoms with Gasteiger partial charge in [-0.3, -0.25) is 0 Å². The number of halogens is 1. The molecule has 0 heterocycles. The molecule has 0 aromatic heterocycles. The highest BCUT2D eigenvalue weighted by Gasteiger charge is 2.07. The summed E-state index contributed by atoms with van der Waals surface area (Å²) < 4.78 is 1.11. The Labute approximate surface area is 124 Å². The number of hydrogen-bond donors (Lipinski definition) is 1. The first-order valence-corrected chi connectivity index (χ1v) is 7.35. The second kappa shape index (κ2) is 5.79. The average molecular weight is 318 g/mol. The Morgan fingerprint density at radius 3 is 2.00 bits per heavy atom.